The van der Waals surface area contributed by atoms with E-state index in [4.69, 9.17) is 4.42 Å². The molecule has 2 unspecified atom stereocenters. The molecule has 1 amide bonds. The van der Waals surface area contributed by atoms with Gasteiger partial charge in [-0.3, -0.25) is 9.59 Å². The van der Waals surface area contributed by atoms with Crippen LogP contribution in [0.4, 0.5) is 4.39 Å². The minimum absolute atomic E-state index is 0.0893. The van der Waals surface area contributed by atoms with Crippen molar-refractivity contribution in [1.82, 2.24) is 4.90 Å². The van der Waals surface area contributed by atoms with Gasteiger partial charge in [0.25, 0.3) is 5.91 Å². The lowest BCUT2D eigenvalue weighted by Gasteiger charge is -2.34. The lowest BCUT2D eigenvalue weighted by atomic mass is 9.90. The smallest absolute Gasteiger partial charge is 0.308 e. The van der Waals surface area contributed by atoms with Crippen LogP contribution < -0.4 is 0 Å². The third kappa shape index (κ3) is 3.18. The Hall–Kier alpha value is -2.63. The molecule has 1 N–H and O–H groups in total. The van der Waals surface area contributed by atoms with Gasteiger partial charge in [0.1, 0.15) is 11.6 Å². The van der Waals surface area contributed by atoms with Crippen LogP contribution in [0.1, 0.15) is 23.9 Å². The molecule has 1 saturated heterocycles. The molecule has 1 aromatic carbocycles. The van der Waals surface area contributed by atoms with Crippen molar-refractivity contribution in [3.63, 3.8) is 0 Å². The number of nitrogens with zero attached hydrogens (tertiary/aromatic N) is 1. The van der Waals surface area contributed by atoms with Gasteiger partial charge in [-0.25, -0.2) is 4.39 Å². The summed E-state index contributed by atoms with van der Waals surface area (Å²) >= 11 is 0. The number of benzene rings is 1. The van der Waals surface area contributed by atoms with Gasteiger partial charge < -0.3 is 14.4 Å². The first kappa shape index (κ1) is 16.2. The number of rotatable bonds is 3. The number of carboxylic acids is 1. The van der Waals surface area contributed by atoms with E-state index >= 15 is 0 Å². The maximum Gasteiger partial charge on any atom is 0.308 e. The molecule has 24 heavy (non-hydrogen) atoms. The molecule has 126 valence electrons. The number of furan rings is 1. The SMILES string of the molecule is CC1CC(C(=O)O)CN(C(=O)c2ccc(-c3ccccc3F)o2)C1. The minimum atomic E-state index is -0.897. The molecule has 1 fully saturated rings. The van der Waals surface area contributed by atoms with Crippen LogP contribution in [0.5, 0.6) is 0 Å². The van der Waals surface area contributed by atoms with Crippen molar-refractivity contribution in [3.05, 3.63) is 48.0 Å². The molecule has 2 atom stereocenters. The summed E-state index contributed by atoms with van der Waals surface area (Å²) in [5.41, 5.74) is 0.284. The fraction of sp³-hybridized carbons (Fsp3) is 0.333. The molecule has 5 nitrogen and oxygen atoms in total. The highest BCUT2D eigenvalue weighted by Gasteiger charge is 2.33. The third-order valence-electron chi connectivity index (χ3n) is 4.25. The predicted molar refractivity (Wildman–Crippen MR) is 84.9 cm³/mol. The van der Waals surface area contributed by atoms with Crippen molar-refractivity contribution >= 4 is 11.9 Å². The summed E-state index contributed by atoms with van der Waals surface area (Å²) in [5, 5.41) is 9.21. The van der Waals surface area contributed by atoms with Crippen LogP contribution in [0.3, 0.4) is 0 Å². The second-order valence-corrected chi connectivity index (χ2v) is 6.23. The third-order valence-corrected chi connectivity index (χ3v) is 4.25. The number of piperidine rings is 1. The first-order valence-corrected chi connectivity index (χ1v) is 7.82. The Kier molecular flexibility index (Phi) is 4.38. The van der Waals surface area contributed by atoms with Crippen molar-refractivity contribution in [1.29, 1.82) is 0 Å². The molecule has 1 aliphatic heterocycles. The summed E-state index contributed by atoms with van der Waals surface area (Å²) in [4.78, 5) is 25.3. The van der Waals surface area contributed by atoms with E-state index in [1.807, 2.05) is 6.92 Å². The second kappa shape index (κ2) is 6.47. The van der Waals surface area contributed by atoms with Gasteiger partial charge in [0, 0.05) is 13.1 Å². The van der Waals surface area contributed by atoms with E-state index in [1.165, 1.54) is 17.0 Å². The number of hydrogen-bond acceptors (Lipinski definition) is 3. The van der Waals surface area contributed by atoms with Crippen LogP contribution in [0.2, 0.25) is 0 Å². The van der Waals surface area contributed by atoms with E-state index in [-0.39, 0.29) is 35.5 Å². The zero-order valence-corrected chi connectivity index (χ0v) is 13.2. The second-order valence-electron chi connectivity index (χ2n) is 6.23. The number of carbonyl (C=O) groups is 2. The molecule has 2 heterocycles. The first-order chi connectivity index (χ1) is 11.5. The van der Waals surface area contributed by atoms with Crippen LogP contribution >= 0.6 is 0 Å². The fourth-order valence-electron chi connectivity index (χ4n) is 3.11. The van der Waals surface area contributed by atoms with Crippen molar-refractivity contribution in [2.45, 2.75) is 13.3 Å². The molecule has 1 aliphatic rings. The molecule has 2 aromatic rings. The number of likely N-dealkylation sites (tertiary alicyclic amines) is 1. The number of amides is 1. The van der Waals surface area contributed by atoms with Gasteiger partial charge in [-0.1, -0.05) is 19.1 Å². The van der Waals surface area contributed by atoms with E-state index in [9.17, 15) is 19.1 Å². The topological polar surface area (TPSA) is 70.8 Å². The molecule has 0 saturated carbocycles. The van der Waals surface area contributed by atoms with Crippen LogP contribution in [-0.4, -0.2) is 35.0 Å². The Labute approximate surface area is 138 Å². The molecular formula is C18H18FNO4. The Bertz CT molecular complexity index is 770. The molecule has 0 aliphatic carbocycles. The average Bonchev–Trinajstić information content (AvgIpc) is 3.03. The fourth-order valence-corrected chi connectivity index (χ4v) is 3.11. The van der Waals surface area contributed by atoms with E-state index in [0.717, 1.165) is 0 Å². The molecule has 3 rings (SSSR count). The first-order valence-electron chi connectivity index (χ1n) is 7.82. The number of halogens is 1. The van der Waals surface area contributed by atoms with E-state index in [0.29, 0.717) is 13.0 Å². The van der Waals surface area contributed by atoms with Gasteiger partial charge in [0.2, 0.25) is 0 Å². The number of hydrogen-bond donors (Lipinski definition) is 1. The van der Waals surface area contributed by atoms with E-state index < -0.39 is 17.7 Å². The van der Waals surface area contributed by atoms with Crippen LogP contribution in [-0.2, 0) is 4.79 Å². The standard InChI is InChI=1S/C18H18FNO4/c1-11-8-12(18(22)23)10-20(9-11)17(21)16-7-6-15(24-16)13-4-2-3-5-14(13)19/h2-7,11-12H,8-10H2,1H3,(H,22,23). The summed E-state index contributed by atoms with van der Waals surface area (Å²) in [7, 11) is 0. The summed E-state index contributed by atoms with van der Waals surface area (Å²) in [6, 6.07) is 9.21. The number of carbonyl (C=O) groups excluding carboxylic acids is 1. The molecular weight excluding hydrogens is 313 g/mol. The number of aliphatic carboxylic acids is 1. The minimum Gasteiger partial charge on any atom is -0.481 e. The maximum atomic E-state index is 13.8. The highest BCUT2D eigenvalue weighted by Crippen LogP contribution is 2.27. The van der Waals surface area contributed by atoms with E-state index in [1.54, 1.807) is 24.3 Å². The normalized spacial score (nSPS) is 20.8. The lowest BCUT2D eigenvalue weighted by Crippen LogP contribution is -2.45. The lowest BCUT2D eigenvalue weighted by molar-refractivity contribution is -0.143. The Morgan fingerprint density at radius 1 is 1.21 bits per heavy atom. The zero-order chi connectivity index (χ0) is 17.3. The summed E-state index contributed by atoms with van der Waals surface area (Å²) in [6.45, 7) is 2.56. The van der Waals surface area contributed by atoms with Crippen molar-refractivity contribution in [2.75, 3.05) is 13.1 Å². The van der Waals surface area contributed by atoms with Gasteiger partial charge >= 0.3 is 5.97 Å². The molecule has 1 aromatic heterocycles. The van der Waals surface area contributed by atoms with E-state index in [2.05, 4.69) is 0 Å². The summed E-state index contributed by atoms with van der Waals surface area (Å²) in [6.07, 6.45) is 0.553. The Morgan fingerprint density at radius 2 is 1.96 bits per heavy atom. The van der Waals surface area contributed by atoms with Gasteiger partial charge in [-0.2, -0.15) is 0 Å². The van der Waals surface area contributed by atoms with Gasteiger partial charge in [-0.15, -0.1) is 0 Å². The van der Waals surface area contributed by atoms with Gasteiger partial charge in [0.15, 0.2) is 5.76 Å². The molecule has 0 bridgehead atoms. The van der Waals surface area contributed by atoms with Crippen molar-refractivity contribution < 1.29 is 23.5 Å². The van der Waals surface area contributed by atoms with Gasteiger partial charge in [0.05, 0.1) is 11.5 Å². The van der Waals surface area contributed by atoms with Gasteiger partial charge in [-0.05, 0) is 36.6 Å². The summed E-state index contributed by atoms with van der Waals surface area (Å²) < 4.78 is 19.3. The van der Waals surface area contributed by atoms with Crippen LogP contribution in [0, 0.1) is 17.7 Å². The Balaban J connectivity index is 1.81. The van der Waals surface area contributed by atoms with Crippen molar-refractivity contribution in [3.8, 4) is 11.3 Å². The van der Waals surface area contributed by atoms with Crippen molar-refractivity contribution in [2.24, 2.45) is 11.8 Å². The van der Waals surface area contributed by atoms with Crippen LogP contribution in [0.25, 0.3) is 11.3 Å². The quantitative estimate of drug-likeness (QED) is 0.937. The highest BCUT2D eigenvalue weighted by atomic mass is 19.1. The van der Waals surface area contributed by atoms with Crippen LogP contribution in [0.15, 0.2) is 40.8 Å². The predicted octanol–water partition coefficient (Wildman–Crippen LogP) is 3.27. The number of carboxylic acid groups (broad SMARTS) is 1. The molecule has 0 radical (unpaired) electrons. The maximum absolute atomic E-state index is 13.8. The largest absolute Gasteiger partial charge is 0.481 e. The summed E-state index contributed by atoms with van der Waals surface area (Å²) in [5.74, 6) is -1.80. The molecule has 6 heteroatoms. The monoisotopic (exact) mass is 331 g/mol. The Morgan fingerprint density at radius 3 is 2.67 bits per heavy atom. The molecule has 0 spiro atoms. The average molecular weight is 331 g/mol. The highest BCUT2D eigenvalue weighted by molar-refractivity contribution is 5.92. The zero-order valence-electron chi connectivity index (χ0n) is 13.2.